The van der Waals surface area contributed by atoms with Crippen molar-refractivity contribution < 1.29 is 64.4 Å². The van der Waals surface area contributed by atoms with Crippen molar-refractivity contribution in [1.82, 2.24) is 0 Å². The number of hydrogen-bond acceptors (Lipinski definition) is 3. The first-order valence-electron chi connectivity index (χ1n) is 9.00. The Bertz CT molecular complexity index is 757. The van der Waals surface area contributed by atoms with Crippen molar-refractivity contribution in [1.29, 1.82) is 0 Å². The summed E-state index contributed by atoms with van der Waals surface area (Å²) in [7, 11) is -4.41. The average Bonchev–Trinajstić information content (AvgIpc) is 2.56. The minimum atomic E-state index is -4.41. The Morgan fingerprint density at radius 1 is 0.880 bits per heavy atom. The van der Waals surface area contributed by atoms with Gasteiger partial charge >= 0.3 is 51.4 Å². The van der Waals surface area contributed by atoms with Crippen LogP contribution in [-0.2, 0) is 16.5 Å². The molecule has 0 unspecified atom stereocenters. The van der Waals surface area contributed by atoms with Gasteiger partial charge in [0.05, 0.1) is 4.90 Å². The van der Waals surface area contributed by atoms with Crippen LogP contribution in [0.15, 0.2) is 41.3 Å². The van der Waals surface area contributed by atoms with E-state index in [-0.39, 0.29) is 56.3 Å². The molecule has 0 saturated carbocycles. The van der Waals surface area contributed by atoms with Crippen molar-refractivity contribution >= 4 is 20.9 Å². The van der Waals surface area contributed by atoms with Gasteiger partial charge in [0.15, 0.2) is 0 Å². The van der Waals surface area contributed by atoms with Crippen molar-refractivity contribution in [2.45, 2.75) is 69.6 Å². The zero-order chi connectivity index (χ0) is 17.4. The predicted octanol–water partition coefficient (Wildman–Crippen LogP) is 2.43. The molecule has 0 aromatic heterocycles. The van der Waals surface area contributed by atoms with Gasteiger partial charge in [0.1, 0.15) is 10.1 Å². The number of benzene rings is 2. The van der Waals surface area contributed by atoms with E-state index in [4.69, 9.17) is 0 Å². The molecule has 25 heavy (non-hydrogen) atoms. The zero-order valence-corrected chi connectivity index (χ0v) is 19.4. The van der Waals surface area contributed by atoms with E-state index in [9.17, 15) is 13.0 Å². The molecule has 5 heteroatoms. The first kappa shape index (κ1) is 23.3. The van der Waals surface area contributed by atoms with E-state index in [0.717, 1.165) is 35.6 Å². The second-order valence-corrected chi connectivity index (χ2v) is 7.86. The van der Waals surface area contributed by atoms with Crippen LogP contribution >= 0.6 is 0 Å². The summed E-state index contributed by atoms with van der Waals surface area (Å²) in [6, 6.07) is 10.7. The second-order valence-electron chi connectivity index (χ2n) is 6.48. The largest absolute Gasteiger partial charge is 1.00 e. The van der Waals surface area contributed by atoms with Crippen LogP contribution in [0.4, 0.5) is 0 Å². The predicted molar refractivity (Wildman–Crippen MR) is 98.2 cm³/mol. The number of aryl methyl sites for hydroxylation is 1. The molecule has 0 aliphatic heterocycles. The Labute approximate surface area is 194 Å². The second kappa shape index (κ2) is 11.9. The Morgan fingerprint density at radius 2 is 1.48 bits per heavy atom. The number of rotatable bonds is 10. The first-order chi connectivity index (χ1) is 11.5. The standard InChI is InChI=1S/C20H28O3S.K/c1-2-3-4-5-6-7-8-9-12-17-15-19(24(21,22)23)16-18-13-10-11-14-20(17)18;/h10-11,13-16H,2-9,12H2,1H3,(H,21,22,23);/q;+1/p-1. The molecule has 0 heterocycles. The van der Waals surface area contributed by atoms with E-state index in [0.29, 0.717) is 0 Å². The van der Waals surface area contributed by atoms with Crippen molar-refractivity contribution in [3.8, 4) is 0 Å². The van der Waals surface area contributed by atoms with E-state index in [1.54, 1.807) is 6.07 Å². The summed E-state index contributed by atoms with van der Waals surface area (Å²) in [6.45, 7) is 2.22. The molecular formula is C20H27KO3S. The SMILES string of the molecule is CCCCCCCCCCc1cc(S(=O)(=O)[O-])cc2ccccc12.[K+]. The summed E-state index contributed by atoms with van der Waals surface area (Å²) in [5.41, 5.74) is 0.966. The minimum Gasteiger partial charge on any atom is -0.744 e. The first-order valence-corrected chi connectivity index (χ1v) is 10.4. The summed E-state index contributed by atoms with van der Waals surface area (Å²) in [6.07, 6.45) is 10.7. The summed E-state index contributed by atoms with van der Waals surface area (Å²) < 4.78 is 34.1. The Morgan fingerprint density at radius 3 is 2.12 bits per heavy atom. The summed E-state index contributed by atoms with van der Waals surface area (Å²) >= 11 is 0. The molecule has 0 spiro atoms. The normalized spacial score (nSPS) is 11.4. The van der Waals surface area contributed by atoms with Gasteiger partial charge in [0.2, 0.25) is 0 Å². The molecule has 0 fully saturated rings. The van der Waals surface area contributed by atoms with E-state index in [1.807, 2.05) is 24.3 Å². The molecule has 0 radical (unpaired) electrons. The number of unbranched alkanes of at least 4 members (excludes halogenated alkanes) is 7. The molecule has 132 valence electrons. The molecule has 0 aliphatic carbocycles. The maximum atomic E-state index is 11.4. The van der Waals surface area contributed by atoms with Gasteiger partial charge < -0.3 is 4.55 Å². The third kappa shape index (κ3) is 7.79. The third-order valence-electron chi connectivity index (χ3n) is 4.51. The summed E-state index contributed by atoms with van der Waals surface area (Å²) in [4.78, 5) is -0.115. The summed E-state index contributed by atoms with van der Waals surface area (Å²) in [5.74, 6) is 0. The Balaban J connectivity index is 0.00000312. The molecule has 2 aromatic rings. The van der Waals surface area contributed by atoms with Crippen LogP contribution in [-0.4, -0.2) is 13.0 Å². The molecule has 0 saturated heterocycles. The van der Waals surface area contributed by atoms with E-state index in [1.165, 1.54) is 44.6 Å². The summed E-state index contributed by atoms with van der Waals surface area (Å²) in [5, 5.41) is 1.87. The van der Waals surface area contributed by atoms with Gasteiger partial charge in [-0.1, -0.05) is 76.1 Å². The van der Waals surface area contributed by atoms with E-state index < -0.39 is 10.1 Å². The van der Waals surface area contributed by atoms with Crippen LogP contribution in [0.2, 0.25) is 0 Å². The van der Waals surface area contributed by atoms with Crippen molar-refractivity contribution in [3.05, 3.63) is 42.0 Å². The molecule has 2 aromatic carbocycles. The molecule has 0 atom stereocenters. The van der Waals surface area contributed by atoms with Gasteiger partial charge in [-0.25, -0.2) is 8.42 Å². The van der Waals surface area contributed by atoms with Gasteiger partial charge in [-0.05, 0) is 41.3 Å². The maximum absolute atomic E-state index is 11.4. The van der Waals surface area contributed by atoms with Crippen LogP contribution < -0.4 is 51.4 Å². The quantitative estimate of drug-likeness (QED) is 0.358. The maximum Gasteiger partial charge on any atom is 1.00 e. The zero-order valence-electron chi connectivity index (χ0n) is 15.5. The topological polar surface area (TPSA) is 57.2 Å². The molecular weight excluding hydrogens is 359 g/mol. The van der Waals surface area contributed by atoms with Crippen LogP contribution in [0.5, 0.6) is 0 Å². The van der Waals surface area contributed by atoms with E-state index >= 15 is 0 Å². The van der Waals surface area contributed by atoms with Crippen LogP contribution in [0.1, 0.15) is 63.9 Å². The smallest absolute Gasteiger partial charge is 0.744 e. The minimum absolute atomic E-state index is 0. The Kier molecular flexibility index (Phi) is 11.0. The average molecular weight is 387 g/mol. The van der Waals surface area contributed by atoms with Gasteiger partial charge in [0, 0.05) is 0 Å². The van der Waals surface area contributed by atoms with Gasteiger partial charge in [0.25, 0.3) is 0 Å². The van der Waals surface area contributed by atoms with Gasteiger partial charge in [-0.2, -0.15) is 0 Å². The van der Waals surface area contributed by atoms with Crippen LogP contribution in [0.25, 0.3) is 10.8 Å². The fraction of sp³-hybridized carbons (Fsp3) is 0.500. The molecule has 3 nitrogen and oxygen atoms in total. The molecule has 0 bridgehead atoms. The monoisotopic (exact) mass is 386 g/mol. The van der Waals surface area contributed by atoms with Gasteiger partial charge in [-0.15, -0.1) is 0 Å². The van der Waals surface area contributed by atoms with E-state index in [2.05, 4.69) is 6.92 Å². The number of fused-ring (bicyclic) bond motifs is 1. The van der Waals surface area contributed by atoms with Gasteiger partial charge in [-0.3, -0.25) is 0 Å². The fourth-order valence-electron chi connectivity index (χ4n) is 3.16. The fourth-order valence-corrected chi connectivity index (χ4v) is 3.72. The van der Waals surface area contributed by atoms with Crippen molar-refractivity contribution in [2.24, 2.45) is 0 Å². The Hall–Kier alpha value is 0.246. The van der Waals surface area contributed by atoms with Crippen molar-refractivity contribution in [3.63, 3.8) is 0 Å². The molecule has 0 amide bonds. The van der Waals surface area contributed by atoms with Crippen LogP contribution in [0.3, 0.4) is 0 Å². The third-order valence-corrected chi connectivity index (χ3v) is 5.32. The molecule has 0 aliphatic rings. The molecule has 2 rings (SSSR count). The molecule has 0 N–H and O–H groups in total. The van der Waals surface area contributed by atoms with Crippen LogP contribution in [0, 0.1) is 0 Å². The van der Waals surface area contributed by atoms with Crippen molar-refractivity contribution in [2.75, 3.05) is 0 Å². The number of hydrogen-bond donors (Lipinski definition) is 0.